The Balaban J connectivity index is 1.26. The molecule has 0 saturated carbocycles. The number of rotatable bonds is 9. The number of benzene rings is 6. The standard InChI is InChI=1S/C38H26O4S2/c39-37(40)29-10-6-12-31(23-29)43-35-16-3-1-14-33(35)26-20-18-25(19-21-26)27-8-5-9-28(22-27)34-15-2-4-17-36(34)44-32-13-7-11-30(24-32)38(41)42/h1-24H,(H,39,40)(H,41,42). The van der Waals surface area contributed by atoms with Gasteiger partial charge in [0.25, 0.3) is 0 Å². The lowest BCUT2D eigenvalue weighted by atomic mass is 9.97. The average Bonchev–Trinajstić information content (AvgIpc) is 3.06. The van der Waals surface area contributed by atoms with Gasteiger partial charge in [-0.05, 0) is 88.0 Å². The van der Waals surface area contributed by atoms with Gasteiger partial charge >= 0.3 is 11.9 Å². The summed E-state index contributed by atoms with van der Waals surface area (Å²) in [5.74, 6) is -1.87. The lowest BCUT2D eigenvalue weighted by Crippen LogP contribution is -1.95. The molecule has 4 nitrogen and oxygen atoms in total. The fourth-order valence-electron chi connectivity index (χ4n) is 4.94. The van der Waals surface area contributed by atoms with Crippen molar-refractivity contribution in [3.63, 3.8) is 0 Å². The first-order valence-corrected chi connectivity index (χ1v) is 15.5. The summed E-state index contributed by atoms with van der Waals surface area (Å²) in [5, 5.41) is 18.8. The summed E-state index contributed by atoms with van der Waals surface area (Å²) < 4.78 is 0. The minimum absolute atomic E-state index is 0.270. The van der Waals surface area contributed by atoms with E-state index in [1.807, 2.05) is 36.4 Å². The van der Waals surface area contributed by atoms with Crippen LogP contribution in [0.4, 0.5) is 0 Å². The van der Waals surface area contributed by atoms with E-state index in [0.29, 0.717) is 0 Å². The van der Waals surface area contributed by atoms with E-state index >= 15 is 0 Å². The van der Waals surface area contributed by atoms with Crippen LogP contribution in [0.2, 0.25) is 0 Å². The molecule has 0 atom stereocenters. The summed E-state index contributed by atoms with van der Waals surface area (Å²) in [7, 11) is 0. The van der Waals surface area contributed by atoms with E-state index in [-0.39, 0.29) is 11.1 Å². The predicted molar refractivity (Wildman–Crippen MR) is 178 cm³/mol. The summed E-state index contributed by atoms with van der Waals surface area (Å²) in [6, 6.07) is 47.2. The maximum atomic E-state index is 11.5. The van der Waals surface area contributed by atoms with E-state index in [1.54, 1.807) is 59.9 Å². The van der Waals surface area contributed by atoms with Crippen molar-refractivity contribution in [2.45, 2.75) is 19.6 Å². The molecule has 0 heterocycles. The molecule has 6 heteroatoms. The maximum absolute atomic E-state index is 11.5. The van der Waals surface area contributed by atoms with Crippen LogP contribution >= 0.6 is 23.5 Å². The van der Waals surface area contributed by atoms with Crippen LogP contribution in [-0.2, 0) is 0 Å². The van der Waals surface area contributed by atoms with Gasteiger partial charge in [-0.3, -0.25) is 0 Å². The first-order chi connectivity index (χ1) is 21.4. The number of carboxylic acid groups (broad SMARTS) is 2. The molecule has 214 valence electrons. The van der Waals surface area contributed by atoms with Crippen molar-refractivity contribution in [3.05, 3.63) is 157 Å². The van der Waals surface area contributed by atoms with E-state index in [0.717, 1.165) is 53.0 Å². The summed E-state index contributed by atoms with van der Waals surface area (Å²) in [6.45, 7) is 0. The molecule has 0 unspecified atom stereocenters. The molecule has 0 amide bonds. The third kappa shape index (κ3) is 6.62. The Hall–Kier alpha value is -5.04. The highest BCUT2D eigenvalue weighted by atomic mass is 32.2. The van der Waals surface area contributed by atoms with Crippen LogP contribution < -0.4 is 0 Å². The summed E-state index contributed by atoms with van der Waals surface area (Å²) in [5.41, 5.74) is 7.04. The first kappa shape index (κ1) is 29.1. The van der Waals surface area contributed by atoms with Crippen LogP contribution in [-0.4, -0.2) is 22.2 Å². The normalized spacial score (nSPS) is 10.8. The average molecular weight is 611 g/mol. The molecule has 6 aromatic carbocycles. The number of hydrogen-bond donors (Lipinski definition) is 2. The molecule has 0 aromatic heterocycles. The van der Waals surface area contributed by atoms with Gasteiger partial charge in [-0.1, -0.05) is 115 Å². The molecule has 0 fully saturated rings. The summed E-state index contributed by atoms with van der Waals surface area (Å²) >= 11 is 3.10. The topological polar surface area (TPSA) is 74.6 Å². The van der Waals surface area contributed by atoms with E-state index in [1.165, 1.54) is 0 Å². The number of carbonyl (C=O) groups is 2. The molecule has 0 aliphatic heterocycles. The van der Waals surface area contributed by atoms with E-state index in [9.17, 15) is 19.8 Å². The Morgan fingerprint density at radius 1 is 0.409 bits per heavy atom. The fraction of sp³-hybridized carbons (Fsp3) is 0. The zero-order chi connectivity index (χ0) is 30.5. The van der Waals surface area contributed by atoms with Gasteiger partial charge in [-0.25, -0.2) is 9.59 Å². The largest absolute Gasteiger partial charge is 0.478 e. The van der Waals surface area contributed by atoms with Gasteiger partial charge in [0, 0.05) is 19.6 Å². The molecule has 0 bridgehead atoms. The van der Waals surface area contributed by atoms with Gasteiger partial charge in [-0.2, -0.15) is 0 Å². The van der Waals surface area contributed by atoms with Crippen LogP contribution in [0.25, 0.3) is 33.4 Å². The van der Waals surface area contributed by atoms with E-state index in [4.69, 9.17) is 0 Å². The zero-order valence-corrected chi connectivity index (χ0v) is 25.0. The molecular formula is C38H26O4S2. The lowest BCUT2D eigenvalue weighted by molar-refractivity contribution is 0.0685. The Kier molecular flexibility index (Phi) is 8.64. The minimum Gasteiger partial charge on any atom is -0.478 e. The SMILES string of the molecule is O=C(O)c1cccc(Sc2ccccc2-c2ccc(-c3cccc(-c4ccccc4Sc4cccc(C(=O)O)c4)c3)cc2)c1. The van der Waals surface area contributed by atoms with Crippen LogP contribution in [0.1, 0.15) is 20.7 Å². The van der Waals surface area contributed by atoms with E-state index < -0.39 is 11.9 Å². The lowest BCUT2D eigenvalue weighted by Gasteiger charge is -2.13. The second-order valence-electron chi connectivity index (χ2n) is 10.0. The van der Waals surface area contributed by atoms with E-state index in [2.05, 4.69) is 72.8 Å². The second-order valence-corrected chi connectivity index (χ2v) is 12.3. The second kappa shape index (κ2) is 13.1. The molecule has 0 aliphatic rings. The van der Waals surface area contributed by atoms with Crippen LogP contribution in [0.15, 0.2) is 165 Å². The molecule has 0 saturated heterocycles. The van der Waals surface area contributed by atoms with Gasteiger partial charge in [-0.15, -0.1) is 0 Å². The zero-order valence-electron chi connectivity index (χ0n) is 23.4. The summed E-state index contributed by atoms with van der Waals surface area (Å²) in [4.78, 5) is 26.7. The quantitative estimate of drug-likeness (QED) is 0.170. The molecule has 0 aliphatic carbocycles. The first-order valence-electron chi connectivity index (χ1n) is 13.9. The van der Waals surface area contributed by atoms with Crippen molar-refractivity contribution in [1.29, 1.82) is 0 Å². The molecular weight excluding hydrogens is 585 g/mol. The van der Waals surface area contributed by atoms with Gasteiger partial charge in [0.1, 0.15) is 0 Å². The Morgan fingerprint density at radius 3 is 1.41 bits per heavy atom. The third-order valence-electron chi connectivity index (χ3n) is 7.09. The van der Waals surface area contributed by atoms with Crippen molar-refractivity contribution in [3.8, 4) is 33.4 Å². The monoisotopic (exact) mass is 610 g/mol. The van der Waals surface area contributed by atoms with Gasteiger partial charge in [0.15, 0.2) is 0 Å². The predicted octanol–water partition coefficient (Wildman–Crippen LogP) is 10.4. The Labute approximate surface area is 264 Å². The maximum Gasteiger partial charge on any atom is 0.335 e. The third-order valence-corrected chi connectivity index (χ3v) is 9.23. The van der Waals surface area contributed by atoms with Gasteiger partial charge < -0.3 is 10.2 Å². The molecule has 0 spiro atoms. The highest BCUT2D eigenvalue weighted by molar-refractivity contribution is 7.99. The van der Waals surface area contributed by atoms with Crippen molar-refractivity contribution in [1.82, 2.24) is 0 Å². The molecule has 44 heavy (non-hydrogen) atoms. The molecule has 6 rings (SSSR count). The van der Waals surface area contributed by atoms with Crippen LogP contribution in [0.5, 0.6) is 0 Å². The van der Waals surface area contributed by atoms with Crippen molar-refractivity contribution in [2.75, 3.05) is 0 Å². The van der Waals surface area contributed by atoms with Crippen molar-refractivity contribution in [2.24, 2.45) is 0 Å². The minimum atomic E-state index is -0.938. The summed E-state index contributed by atoms with van der Waals surface area (Å²) in [6.07, 6.45) is 0. The molecule has 0 radical (unpaired) electrons. The van der Waals surface area contributed by atoms with Gasteiger partial charge in [0.2, 0.25) is 0 Å². The van der Waals surface area contributed by atoms with Crippen molar-refractivity contribution < 1.29 is 19.8 Å². The Bertz CT molecular complexity index is 1980. The highest BCUT2D eigenvalue weighted by Gasteiger charge is 2.12. The van der Waals surface area contributed by atoms with Crippen LogP contribution in [0, 0.1) is 0 Å². The molecule has 6 aromatic rings. The fourth-order valence-corrected chi connectivity index (χ4v) is 6.99. The Morgan fingerprint density at radius 2 is 0.864 bits per heavy atom. The number of carboxylic acids is 2. The van der Waals surface area contributed by atoms with Crippen molar-refractivity contribution >= 4 is 35.5 Å². The molecule has 2 N–H and O–H groups in total. The van der Waals surface area contributed by atoms with Gasteiger partial charge in [0.05, 0.1) is 11.1 Å². The van der Waals surface area contributed by atoms with Crippen LogP contribution in [0.3, 0.4) is 0 Å². The smallest absolute Gasteiger partial charge is 0.335 e. The number of hydrogen-bond acceptors (Lipinski definition) is 4. The number of aromatic carboxylic acids is 2. The highest BCUT2D eigenvalue weighted by Crippen LogP contribution is 2.39.